The van der Waals surface area contributed by atoms with Gasteiger partial charge in [0.1, 0.15) is 0 Å². The summed E-state index contributed by atoms with van der Waals surface area (Å²) < 4.78 is 1.83. The van der Waals surface area contributed by atoms with Crippen LogP contribution in [0.4, 0.5) is 0 Å². The van der Waals surface area contributed by atoms with Crippen LogP contribution in [0.2, 0.25) is 0 Å². The lowest BCUT2D eigenvalue weighted by Gasteiger charge is -2.13. The van der Waals surface area contributed by atoms with Gasteiger partial charge in [0.15, 0.2) is 5.96 Å². The summed E-state index contributed by atoms with van der Waals surface area (Å²) >= 11 is 0. The number of guanidine groups is 1. The topological polar surface area (TPSA) is 74.5 Å². The predicted octanol–water partition coefficient (Wildman–Crippen LogP) is 3.45. The van der Waals surface area contributed by atoms with Crippen LogP contribution in [-0.4, -0.2) is 47.2 Å². The highest BCUT2D eigenvalue weighted by Crippen LogP contribution is 2.11. The first-order valence-electron chi connectivity index (χ1n) is 9.98. The molecule has 0 saturated carbocycles. The fourth-order valence-electron chi connectivity index (χ4n) is 2.94. The fourth-order valence-corrected chi connectivity index (χ4v) is 2.94. The van der Waals surface area contributed by atoms with Crippen molar-refractivity contribution in [1.82, 2.24) is 25.3 Å². The molecule has 3 aromatic rings. The van der Waals surface area contributed by atoms with Crippen LogP contribution < -0.4 is 10.6 Å². The normalized spacial score (nSPS) is 10.9. The quantitative estimate of drug-likeness (QED) is 0.278. The highest BCUT2D eigenvalue weighted by Gasteiger charge is 2.07. The van der Waals surface area contributed by atoms with E-state index in [1.165, 1.54) is 0 Å². The van der Waals surface area contributed by atoms with E-state index >= 15 is 0 Å². The minimum atomic E-state index is 0. The summed E-state index contributed by atoms with van der Waals surface area (Å²) in [4.78, 5) is 18.3. The van der Waals surface area contributed by atoms with Gasteiger partial charge >= 0.3 is 0 Å². The minimum Gasteiger partial charge on any atom is -0.357 e. The Morgan fingerprint density at radius 3 is 2.48 bits per heavy atom. The number of carbonyl (C=O) groups is 1. The Kier molecular flexibility index (Phi) is 9.51. The second-order valence-corrected chi connectivity index (χ2v) is 7.07. The zero-order chi connectivity index (χ0) is 21.3. The molecule has 1 amide bonds. The molecule has 0 atom stereocenters. The maximum absolute atomic E-state index is 12.0. The predicted molar refractivity (Wildman–Crippen MR) is 135 cm³/mol. The Morgan fingerprint density at radius 1 is 1.06 bits per heavy atom. The molecule has 0 aliphatic rings. The summed E-state index contributed by atoms with van der Waals surface area (Å²) in [5.74, 6) is 0.747. The molecular formula is C23H29IN6O. The molecular weight excluding hydrogens is 503 g/mol. The Labute approximate surface area is 200 Å². The van der Waals surface area contributed by atoms with Crippen LogP contribution in [0.1, 0.15) is 28.4 Å². The molecule has 0 bridgehead atoms. The molecule has 0 spiro atoms. The summed E-state index contributed by atoms with van der Waals surface area (Å²) in [7, 11) is 3.50. The Morgan fingerprint density at radius 2 is 1.84 bits per heavy atom. The van der Waals surface area contributed by atoms with Gasteiger partial charge in [0.2, 0.25) is 0 Å². The van der Waals surface area contributed by atoms with Crippen molar-refractivity contribution < 1.29 is 4.79 Å². The lowest BCUT2D eigenvalue weighted by atomic mass is 10.1. The van der Waals surface area contributed by atoms with Crippen LogP contribution in [0, 0.1) is 0 Å². The van der Waals surface area contributed by atoms with Gasteiger partial charge in [0.25, 0.3) is 5.91 Å². The van der Waals surface area contributed by atoms with Crippen LogP contribution in [0.3, 0.4) is 0 Å². The van der Waals surface area contributed by atoms with Crippen molar-refractivity contribution in [3.8, 4) is 5.69 Å². The van der Waals surface area contributed by atoms with E-state index in [1.807, 2.05) is 60.3 Å². The largest absolute Gasteiger partial charge is 0.357 e. The standard InChI is InChI=1S/C23H28N6O.HI/c1-4-24-23(25-16-18-9-11-20(12-10-18)22(30)28(2)3)26-17-19-7-5-8-21(15-19)29-14-6-13-27-29;/h5-15H,4,16-17H2,1-3H3,(H2,24,25,26);1H. The molecule has 0 unspecified atom stereocenters. The van der Waals surface area contributed by atoms with Gasteiger partial charge in [0, 0.05) is 45.1 Å². The minimum absolute atomic E-state index is 0. The number of aromatic nitrogens is 2. The van der Waals surface area contributed by atoms with Crippen molar-refractivity contribution in [1.29, 1.82) is 0 Å². The molecule has 8 heteroatoms. The van der Waals surface area contributed by atoms with E-state index in [9.17, 15) is 4.79 Å². The zero-order valence-electron chi connectivity index (χ0n) is 18.1. The number of amides is 1. The highest BCUT2D eigenvalue weighted by molar-refractivity contribution is 14.0. The summed E-state index contributed by atoms with van der Waals surface area (Å²) in [6.07, 6.45) is 3.69. The number of aliphatic imine (C=N–C) groups is 1. The number of carbonyl (C=O) groups excluding carboxylic acids is 1. The zero-order valence-corrected chi connectivity index (χ0v) is 20.4. The molecule has 7 nitrogen and oxygen atoms in total. The molecule has 2 N–H and O–H groups in total. The smallest absolute Gasteiger partial charge is 0.253 e. The van der Waals surface area contributed by atoms with Crippen LogP contribution in [0.5, 0.6) is 0 Å². The first kappa shape index (κ1) is 24.4. The number of hydrogen-bond donors (Lipinski definition) is 2. The fraction of sp³-hybridized carbons (Fsp3) is 0.261. The highest BCUT2D eigenvalue weighted by atomic mass is 127. The number of halogens is 1. The molecule has 31 heavy (non-hydrogen) atoms. The lowest BCUT2D eigenvalue weighted by molar-refractivity contribution is 0.0827. The van der Waals surface area contributed by atoms with Crippen LogP contribution >= 0.6 is 24.0 Å². The molecule has 0 aliphatic heterocycles. The third-order valence-corrected chi connectivity index (χ3v) is 4.51. The first-order valence-corrected chi connectivity index (χ1v) is 9.98. The van der Waals surface area contributed by atoms with Gasteiger partial charge in [-0.1, -0.05) is 24.3 Å². The third kappa shape index (κ3) is 7.09. The third-order valence-electron chi connectivity index (χ3n) is 4.51. The Hall–Kier alpha value is -2.88. The van der Waals surface area contributed by atoms with Crippen LogP contribution in [-0.2, 0) is 13.1 Å². The molecule has 2 aromatic carbocycles. The monoisotopic (exact) mass is 532 g/mol. The summed E-state index contributed by atoms with van der Waals surface area (Å²) in [6, 6.07) is 17.7. The van der Waals surface area contributed by atoms with Gasteiger partial charge in [-0.3, -0.25) is 4.79 Å². The number of hydrogen-bond acceptors (Lipinski definition) is 3. The number of nitrogens with one attached hydrogen (secondary N) is 2. The SMILES string of the molecule is CCNC(=NCc1cccc(-n2cccn2)c1)NCc1ccc(C(=O)N(C)C)cc1.I. The molecule has 0 radical (unpaired) electrons. The van der Waals surface area contributed by atoms with Gasteiger partial charge < -0.3 is 15.5 Å². The number of rotatable bonds is 7. The average molecular weight is 532 g/mol. The first-order chi connectivity index (χ1) is 14.6. The van der Waals surface area contributed by atoms with Gasteiger partial charge in [-0.15, -0.1) is 24.0 Å². The number of benzene rings is 2. The van der Waals surface area contributed by atoms with Crippen molar-refractivity contribution >= 4 is 35.8 Å². The molecule has 1 heterocycles. The van der Waals surface area contributed by atoms with Crippen LogP contribution in [0.25, 0.3) is 5.69 Å². The summed E-state index contributed by atoms with van der Waals surface area (Å²) in [5.41, 5.74) is 3.88. The maximum Gasteiger partial charge on any atom is 0.253 e. The van der Waals surface area contributed by atoms with Crippen molar-refractivity contribution in [2.45, 2.75) is 20.0 Å². The van der Waals surface area contributed by atoms with E-state index in [4.69, 9.17) is 4.99 Å². The summed E-state index contributed by atoms with van der Waals surface area (Å²) in [5, 5.41) is 10.9. The van der Waals surface area contributed by atoms with Gasteiger partial charge in [-0.25, -0.2) is 9.67 Å². The molecule has 0 saturated heterocycles. The van der Waals surface area contributed by atoms with Crippen molar-refractivity contribution in [3.63, 3.8) is 0 Å². The van der Waals surface area contributed by atoms with Gasteiger partial charge in [-0.05, 0) is 48.4 Å². The number of nitrogens with zero attached hydrogens (tertiary/aromatic N) is 4. The van der Waals surface area contributed by atoms with E-state index in [1.54, 1.807) is 25.2 Å². The van der Waals surface area contributed by atoms with E-state index in [2.05, 4.69) is 27.9 Å². The molecule has 1 aromatic heterocycles. The van der Waals surface area contributed by atoms with Crippen molar-refractivity contribution in [3.05, 3.63) is 83.7 Å². The van der Waals surface area contributed by atoms with E-state index in [0.29, 0.717) is 18.7 Å². The van der Waals surface area contributed by atoms with E-state index < -0.39 is 0 Å². The Bertz CT molecular complexity index is 984. The van der Waals surface area contributed by atoms with Gasteiger partial charge in [-0.2, -0.15) is 5.10 Å². The molecule has 3 rings (SSSR count). The van der Waals surface area contributed by atoms with E-state index in [0.717, 1.165) is 29.3 Å². The Balaban J connectivity index is 0.00000341. The summed E-state index contributed by atoms with van der Waals surface area (Å²) in [6.45, 7) is 3.99. The molecule has 164 valence electrons. The maximum atomic E-state index is 12.0. The molecule has 0 aliphatic carbocycles. The van der Waals surface area contributed by atoms with Crippen molar-refractivity contribution in [2.24, 2.45) is 4.99 Å². The van der Waals surface area contributed by atoms with Crippen molar-refractivity contribution in [2.75, 3.05) is 20.6 Å². The van der Waals surface area contributed by atoms with E-state index in [-0.39, 0.29) is 29.9 Å². The van der Waals surface area contributed by atoms with Gasteiger partial charge in [0.05, 0.1) is 12.2 Å². The van der Waals surface area contributed by atoms with Crippen LogP contribution in [0.15, 0.2) is 72.0 Å². The lowest BCUT2D eigenvalue weighted by Crippen LogP contribution is -2.36. The average Bonchev–Trinajstić information content (AvgIpc) is 3.31. The molecule has 0 fully saturated rings. The second kappa shape index (κ2) is 12.1. The second-order valence-electron chi connectivity index (χ2n) is 7.07.